The molecular formula is C25H26N2O4. The third kappa shape index (κ3) is 6.89. The van der Waals surface area contributed by atoms with Crippen molar-refractivity contribution in [1.29, 1.82) is 0 Å². The van der Waals surface area contributed by atoms with E-state index in [0.717, 1.165) is 5.75 Å². The lowest BCUT2D eigenvalue weighted by Crippen LogP contribution is -2.30. The van der Waals surface area contributed by atoms with Gasteiger partial charge in [-0.05, 0) is 62.4 Å². The van der Waals surface area contributed by atoms with Gasteiger partial charge in [-0.1, -0.05) is 30.3 Å². The first-order chi connectivity index (χ1) is 15.0. The van der Waals surface area contributed by atoms with E-state index in [1.165, 1.54) is 0 Å². The Labute approximate surface area is 182 Å². The molecular weight excluding hydrogens is 392 g/mol. The van der Waals surface area contributed by atoms with Crippen LogP contribution >= 0.6 is 0 Å². The standard InChI is InChI=1S/C25H26N2O4/c1-18(2)26-24(28)19-8-6-10-21(16-19)27-25(29)20-9-7-13-23(17-20)31-15-14-30-22-11-4-3-5-12-22/h3-13,16-18H,14-15H2,1-2H3,(H,26,28)(H,27,29). The van der Waals surface area contributed by atoms with Crippen LogP contribution in [-0.4, -0.2) is 31.1 Å². The quantitative estimate of drug-likeness (QED) is 0.501. The maximum Gasteiger partial charge on any atom is 0.255 e. The molecule has 0 aliphatic rings. The van der Waals surface area contributed by atoms with Gasteiger partial charge in [-0.25, -0.2) is 0 Å². The number of hydrogen-bond acceptors (Lipinski definition) is 4. The first-order valence-electron chi connectivity index (χ1n) is 10.1. The summed E-state index contributed by atoms with van der Waals surface area (Å²) in [6.45, 7) is 4.54. The molecule has 0 bridgehead atoms. The third-order valence-electron chi connectivity index (χ3n) is 4.26. The first-order valence-corrected chi connectivity index (χ1v) is 10.1. The summed E-state index contributed by atoms with van der Waals surface area (Å²) in [5.41, 5.74) is 1.49. The molecule has 0 fully saturated rings. The van der Waals surface area contributed by atoms with Crippen LogP contribution in [0.4, 0.5) is 5.69 Å². The summed E-state index contributed by atoms with van der Waals surface area (Å²) in [5.74, 6) is 0.893. The summed E-state index contributed by atoms with van der Waals surface area (Å²) in [6.07, 6.45) is 0. The zero-order chi connectivity index (χ0) is 22.1. The Morgan fingerprint density at radius 2 is 1.35 bits per heavy atom. The molecule has 3 rings (SSSR count). The van der Waals surface area contributed by atoms with Gasteiger partial charge in [0.15, 0.2) is 0 Å². The van der Waals surface area contributed by atoms with E-state index in [2.05, 4.69) is 10.6 Å². The molecule has 6 heteroatoms. The number of ether oxygens (including phenoxy) is 2. The van der Waals surface area contributed by atoms with E-state index >= 15 is 0 Å². The van der Waals surface area contributed by atoms with Gasteiger partial charge in [-0.2, -0.15) is 0 Å². The fourth-order valence-electron chi connectivity index (χ4n) is 2.85. The minimum Gasteiger partial charge on any atom is -0.490 e. The Morgan fingerprint density at radius 3 is 2.06 bits per heavy atom. The zero-order valence-electron chi connectivity index (χ0n) is 17.6. The van der Waals surface area contributed by atoms with Crippen molar-refractivity contribution < 1.29 is 19.1 Å². The van der Waals surface area contributed by atoms with Gasteiger partial charge < -0.3 is 20.1 Å². The van der Waals surface area contributed by atoms with E-state index in [0.29, 0.717) is 35.8 Å². The van der Waals surface area contributed by atoms with Gasteiger partial charge in [0, 0.05) is 22.9 Å². The molecule has 0 radical (unpaired) electrons. The van der Waals surface area contributed by atoms with Crippen molar-refractivity contribution >= 4 is 17.5 Å². The van der Waals surface area contributed by atoms with E-state index in [1.807, 2.05) is 44.2 Å². The summed E-state index contributed by atoms with van der Waals surface area (Å²) in [4.78, 5) is 24.8. The lowest BCUT2D eigenvalue weighted by atomic mass is 10.1. The molecule has 0 spiro atoms. The number of rotatable bonds is 9. The van der Waals surface area contributed by atoms with E-state index in [9.17, 15) is 9.59 Å². The molecule has 6 nitrogen and oxygen atoms in total. The highest BCUT2D eigenvalue weighted by atomic mass is 16.5. The van der Waals surface area contributed by atoms with Crippen LogP contribution < -0.4 is 20.1 Å². The van der Waals surface area contributed by atoms with Gasteiger partial charge in [0.05, 0.1) is 0 Å². The van der Waals surface area contributed by atoms with Crippen LogP contribution in [0.2, 0.25) is 0 Å². The smallest absolute Gasteiger partial charge is 0.255 e. The molecule has 3 aromatic carbocycles. The Hall–Kier alpha value is -3.80. The number of amides is 2. The highest BCUT2D eigenvalue weighted by molar-refractivity contribution is 6.05. The minimum atomic E-state index is -0.285. The fraction of sp³-hybridized carbons (Fsp3) is 0.200. The molecule has 2 N–H and O–H groups in total. The van der Waals surface area contributed by atoms with Crippen LogP contribution in [0, 0.1) is 0 Å². The Bertz CT molecular complexity index is 1020. The van der Waals surface area contributed by atoms with Crippen molar-refractivity contribution in [2.24, 2.45) is 0 Å². The van der Waals surface area contributed by atoms with Crippen molar-refractivity contribution in [3.05, 3.63) is 90.0 Å². The van der Waals surface area contributed by atoms with Gasteiger partial charge in [0.2, 0.25) is 0 Å². The second-order valence-corrected chi connectivity index (χ2v) is 7.20. The average molecular weight is 418 g/mol. The van der Waals surface area contributed by atoms with E-state index in [1.54, 1.807) is 48.5 Å². The van der Waals surface area contributed by atoms with E-state index < -0.39 is 0 Å². The largest absolute Gasteiger partial charge is 0.490 e. The first kappa shape index (κ1) is 21.9. The van der Waals surface area contributed by atoms with Crippen molar-refractivity contribution in [2.45, 2.75) is 19.9 Å². The van der Waals surface area contributed by atoms with Gasteiger partial charge >= 0.3 is 0 Å². The lowest BCUT2D eigenvalue weighted by molar-refractivity contribution is 0.0941. The van der Waals surface area contributed by atoms with E-state index in [4.69, 9.17) is 9.47 Å². The molecule has 0 aromatic heterocycles. The van der Waals surface area contributed by atoms with Gasteiger partial charge in [-0.15, -0.1) is 0 Å². The average Bonchev–Trinajstić information content (AvgIpc) is 2.77. The third-order valence-corrected chi connectivity index (χ3v) is 4.26. The molecule has 0 aliphatic carbocycles. The van der Waals surface area contributed by atoms with Crippen molar-refractivity contribution in [2.75, 3.05) is 18.5 Å². The van der Waals surface area contributed by atoms with E-state index in [-0.39, 0.29) is 17.9 Å². The summed E-state index contributed by atoms with van der Waals surface area (Å²) in [7, 11) is 0. The highest BCUT2D eigenvalue weighted by Crippen LogP contribution is 2.17. The number of hydrogen-bond donors (Lipinski definition) is 2. The Kier molecular flexibility index (Phi) is 7.65. The van der Waals surface area contributed by atoms with Gasteiger partial charge in [-0.3, -0.25) is 9.59 Å². The molecule has 2 amide bonds. The lowest BCUT2D eigenvalue weighted by Gasteiger charge is -2.11. The minimum absolute atomic E-state index is 0.0339. The molecule has 0 unspecified atom stereocenters. The SMILES string of the molecule is CC(C)NC(=O)c1cccc(NC(=O)c2cccc(OCCOc3ccccc3)c2)c1. The second kappa shape index (κ2) is 10.8. The summed E-state index contributed by atoms with van der Waals surface area (Å²) in [6, 6.07) is 23.3. The zero-order valence-corrected chi connectivity index (χ0v) is 17.6. The van der Waals surface area contributed by atoms with Crippen molar-refractivity contribution in [3.8, 4) is 11.5 Å². The van der Waals surface area contributed by atoms with Crippen LogP contribution in [-0.2, 0) is 0 Å². The maximum atomic E-state index is 12.6. The Balaban J connectivity index is 1.55. The number of benzene rings is 3. The van der Waals surface area contributed by atoms with Crippen LogP contribution in [0.1, 0.15) is 34.6 Å². The molecule has 0 aliphatic heterocycles. The molecule has 31 heavy (non-hydrogen) atoms. The Morgan fingerprint density at radius 1 is 0.742 bits per heavy atom. The number of nitrogens with one attached hydrogen (secondary N) is 2. The number of para-hydroxylation sites is 1. The van der Waals surface area contributed by atoms with Gasteiger partial charge in [0.25, 0.3) is 11.8 Å². The molecule has 0 saturated carbocycles. The number of carbonyl (C=O) groups excluding carboxylic acids is 2. The topological polar surface area (TPSA) is 76.7 Å². The molecule has 0 heterocycles. The number of carbonyl (C=O) groups is 2. The van der Waals surface area contributed by atoms with Crippen LogP contribution in [0.3, 0.4) is 0 Å². The van der Waals surface area contributed by atoms with Crippen molar-refractivity contribution in [3.63, 3.8) is 0 Å². The second-order valence-electron chi connectivity index (χ2n) is 7.20. The van der Waals surface area contributed by atoms with Crippen LogP contribution in [0.5, 0.6) is 11.5 Å². The van der Waals surface area contributed by atoms with Gasteiger partial charge in [0.1, 0.15) is 24.7 Å². The van der Waals surface area contributed by atoms with Crippen LogP contribution in [0.15, 0.2) is 78.9 Å². The summed E-state index contributed by atoms with van der Waals surface area (Å²) < 4.78 is 11.3. The fourth-order valence-corrected chi connectivity index (χ4v) is 2.85. The molecule has 3 aromatic rings. The summed E-state index contributed by atoms with van der Waals surface area (Å²) >= 11 is 0. The van der Waals surface area contributed by atoms with Crippen molar-refractivity contribution in [1.82, 2.24) is 5.32 Å². The summed E-state index contributed by atoms with van der Waals surface area (Å²) in [5, 5.41) is 5.66. The molecule has 0 saturated heterocycles. The molecule has 160 valence electrons. The predicted molar refractivity (Wildman–Crippen MR) is 121 cm³/mol. The number of anilines is 1. The molecule has 0 atom stereocenters. The highest BCUT2D eigenvalue weighted by Gasteiger charge is 2.11. The predicted octanol–water partition coefficient (Wildman–Crippen LogP) is 4.53. The van der Waals surface area contributed by atoms with Crippen LogP contribution in [0.25, 0.3) is 0 Å². The maximum absolute atomic E-state index is 12.6. The normalized spacial score (nSPS) is 10.4. The monoisotopic (exact) mass is 418 g/mol.